The van der Waals surface area contributed by atoms with E-state index >= 15 is 4.39 Å². The summed E-state index contributed by atoms with van der Waals surface area (Å²) in [5.74, 6) is -5.79. The average Bonchev–Trinajstić information content (AvgIpc) is 3.40. The van der Waals surface area contributed by atoms with Crippen LogP contribution in [0.4, 0.5) is 32.3 Å². The van der Waals surface area contributed by atoms with Gasteiger partial charge in [-0.25, -0.2) is 23.1 Å². The molecule has 3 atom stereocenters. The van der Waals surface area contributed by atoms with E-state index in [0.717, 1.165) is 15.8 Å². The van der Waals surface area contributed by atoms with Gasteiger partial charge in [0.1, 0.15) is 12.1 Å². The van der Waals surface area contributed by atoms with Crippen molar-refractivity contribution in [3.8, 4) is 0 Å². The highest BCUT2D eigenvalue weighted by Gasteiger charge is 2.61. The predicted molar refractivity (Wildman–Crippen MR) is 101 cm³/mol. The summed E-state index contributed by atoms with van der Waals surface area (Å²) in [7, 11) is 0. The quantitative estimate of drug-likeness (QED) is 0.510. The molecule has 2 aromatic rings. The summed E-state index contributed by atoms with van der Waals surface area (Å²) >= 11 is 0. The fraction of sp³-hybridized carbons (Fsp3) is 0.421. The molecule has 0 radical (unpaired) electrons. The van der Waals surface area contributed by atoms with Crippen molar-refractivity contribution in [1.82, 2.24) is 29.9 Å². The number of alkyl halides is 5. The molecule has 0 spiro atoms. The number of hydrogen-bond donors (Lipinski definition) is 1. The van der Waals surface area contributed by atoms with Crippen LogP contribution < -0.4 is 5.32 Å². The number of nitrogens with one attached hydrogen (secondary N) is 1. The number of aldehydes is 1. The first-order valence-corrected chi connectivity index (χ1v) is 9.75. The summed E-state index contributed by atoms with van der Waals surface area (Å²) in [5, 5.41) is 10.4. The number of halogens is 6. The standard InChI is InChI=1S/C19H17F6N7O/c20-14-3-1-2-12(11-33)18(14,32-29-5-6-30-32)31-7-4-17(21,22)15(31)10-28-16-26-8-13(9-27-16)19(23,24)25/h1-3,5-6,8-9,11-12,15H,4,7,10H2,(H,26,27,28). The lowest BCUT2D eigenvalue weighted by Crippen LogP contribution is -2.62. The van der Waals surface area contributed by atoms with Crippen LogP contribution in [0.2, 0.25) is 0 Å². The number of hydrogen-bond acceptors (Lipinski definition) is 7. The smallest absolute Gasteiger partial charge is 0.352 e. The molecular weight excluding hydrogens is 456 g/mol. The van der Waals surface area contributed by atoms with E-state index < -0.39 is 54.1 Å². The highest BCUT2D eigenvalue weighted by atomic mass is 19.4. The van der Waals surface area contributed by atoms with Gasteiger partial charge in [0.05, 0.1) is 29.9 Å². The molecular formula is C19H17F6N7O. The Morgan fingerprint density at radius 3 is 2.45 bits per heavy atom. The zero-order valence-electron chi connectivity index (χ0n) is 16.8. The molecule has 1 aliphatic carbocycles. The second-order valence-electron chi connectivity index (χ2n) is 7.50. The number of carbonyl (C=O) groups excluding carboxylic acids is 1. The first-order valence-electron chi connectivity index (χ1n) is 9.75. The summed E-state index contributed by atoms with van der Waals surface area (Å²) in [6.07, 6.45) is 2.32. The van der Waals surface area contributed by atoms with Crippen LogP contribution in [0.15, 0.2) is 48.8 Å². The normalized spacial score (nSPS) is 27.4. The molecule has 3 heterocycles. The Kier molecular flexibility index (Phi) is 5.72. The Balaban J connectivity index is 1.68. The van der Waals surface area contributed by atoms with Gasteiger partial charge in [0.15, 0.2) is 5.66 Å². The van der Waals surface area contributed by atoms with Crippen molar-refractivity contribution in [2.24, 2.45) is 5.92 Å². The zero-order valence-corrected chi connectivity index (χ0v) is 16.8. The van der Waals surface area contributed by atoms with Gasteiger partial charge in [0.25, 0.3) is 5.92 Å². The van der Waals surface area contributed by atoms with Crippen LogP contribution in [0, 0.1) is 5.92 Å². The maximum absolute atomic E-state index is 15.4. The molecule has 33 heavy (non-hydrogen) atoms. The number of anilines is 1. The molecule has 2 aromatic heterocycles. The van der Waals surface area contributed by atoms with Crippen LogP contribution in [0.5, 0.6) is 0 Å². The largest absolute Gasteiger partial charge is 0.419 e. The monoisotopic (exact) mass is 473 g/mol. The van der Waals surface area contributed by atoms with Crippen molar-refractivity contribution in [1.29, 1.82) is 0 Å². The molecule has 176 valence electrons. The van der Waals surface area contributed by atoms with Crippen LogP contribution in [0.1, 0.15) is 12.0 Å². The number of nitrogens with zero attached hydrogens (tertiary/aromatic N) is 6. The minimum atomic E-state index is -4.65. The van der Waals surface area contributed by atoms with Crippen LogP contribution >= 0.6 is 0 Å². The molecule has 1 saturated heterocycles. The Morgan fingerprint density at radius 1 is 1.18 bits per heavy atom. The molecule has 0 amide bonds. The van der Waals surface area contributed by atoms with Crippen LogP contribution in [-0.2, 0) is 16.6 Å². The Morgan fingerprint density at radius 2 is 1.85 bits per heavy atom. The van der Waals surface area contributed by atoms with E-state index in [2.05, 4.69) is 25.5 Å². The van der Waals surface area contributed by atoms with Gasteiger partial charge < -0.3 is 10.1 Å². The van der Waals surface area contributed by atoms with Gasteiger partial charge >= 0.3 is 6.18 Å². The highest BCUT2D eigenvalue weighted by Crippen LogP contribution is 2.47. The van der Waals surface area contributed by atoms with Gasteiger partial charge in [-0.2, -0.15) is 28.2 Å². The SMILES string of the molecule is O=CC1C=CC=C(F)C1(N1CCC(F)(F)C1CNc1ncc(C(F)(F)F)cn1)n1nccn1. The third kappa shape index (κ3) is 3.87. The van der Waals surface area contributed by atoms with Crippen molar-refractivity contribution in [2.75, 3.05) is 18.4 Å². The lowest BCUT2D eigenvalue weighted by molar-refractivity contribution is -0.138. The third-order valence-electron chi connectivity index (χ3n) is 5.67. The third-order valence-corrected chi connectivity index (χ3v) is 5.67. The average molecular weight is 473 g/mol. The van der Waals surface area contributed by atoms with Gasteiger partial charge in [-0.15, -0.1) is 0 Å². The molecule has 1 N–H and O–H groups in total. The minimum Gasteiger partial charge on any atom is -0.352 e. The second-order valence-corrected chi connectivity index (χ2v) is 7.50. The lowest BCUT2D eigenvalue weighted by atomic mass is 9.86. The van der Waals surface area contributed by atoms with E-state index in [1.165, 1.54) is 24.5 Å². The van der Waals surface area contributed by atoms with Gasteiger partial charge in [-0.3, -0.25) is 4.90 Å². The number of carbonyl (C=O) groups is 1. The van der Waals surface area contributed by atoms with E-state index in [1.807, 2.05) is 0 Å². The fourth-order valence-electron chi connectivity index (χ4n) is 4.12. The van der Waals surface area contributed by atoms with E-state index in [0.29, 0.717) is 18.7 Å². The molecule has 4 rings (SSSR count). The van der Waals surface area contributed by atoms with Crippen LogP contribution in [0.25, 0.3) is 0 Å². The second kappa shape index (κ2) is 8.24. The number of aromatic nitrogens is 5. The highest BCUT2D eigenvalue weighted by molar-refractivity contribution is 5.61. The number of allylic oxidation sites excluding steroid dienone is 2. The summed E-state index contributed by atoms with van der Waals surface area (Å²) in [6, 6.07) is -1.69. The van der Waals surface area contributed by atoms with E-state index in [4.69, 9.17) is 0 Å². The molecule has 0 aromatic carbocycles. The molecule has 1 aliphatic heterocycles. The number of likely N-dealkylation sites (tertiary alicyclic amines) is 1. The maximum atomic E-state index is 15.4. The van der Waals surface area contributed by atoms with Crippen molar-refractivity contribution in [3.05, 3.63) is 54.4 Å². The van der Waals surface area contributed by atoms with Crippen LogP contribution in [-0.4, -0.2) is 61.2 Å². The van der Waals surface area contributed by atoms with Crippen molar-refractivity contribution >= 4 is 12.2 Å². The minimum absolute atomic E-state index is 0.311. The summed E-state index contributed by atoms with van der Waals surface area (Å²) in [4.78, 5) is 20.9. The first kappa shape index (κ1) is 22.9. The molecule has 3 unspecified atom stereocenters. The molecule has 2 aliphatic rings. The van der Waals surface area contributed by atoms with E-state index in [-0.39, 0.29) is 12.5 Å². The van der Waals surface area contributed by atoms with E-state index in [9.17, 15) is 26.7 Å². The molecule has 1 fully saturated rings. The predicted octanol–water partition coefficient (Wildman–Crippen LogP) is 2.80. The Hall–Kier alpha value is -3.29. The summed E-state index contributed by atoms with van der Waals surface area (Å²) in [5.41, 5.74) is -3.17. The first-order chi connectivity index (χ1) is 15.6. The fourth-order valence-corrected chi connectivity index (χ4v) is 4.12. The molecule has 0 saturated carbocycles. The molecule has 14 heteroatoms. The molecule has 0 bridgehead atoms. The van der Waals surface area contributed by atoms with Crippen molar-refractivity contribution in [2.45, 2.75) is 30.2 Å². The van der Waals surface area contributed by atoms with Crippen molar-refractivity contribution in [3.63, 3.8) is 0 Å². The van der Waals surface area contributed by atoms with Crippen LogP contribution in [0.3, 0.4) is 0 Å². The van der Waals surface area contributed by atoms with Gasteiger partial charge in [0, 0.05) is 31.9 Å². The zero-order chi connectivity index (χ0) is 23.9. The topological polar surface area (TPSA) is 88.8 Å². The Labute approximate surface area is 183 Å². The maximum Gasteiger partial charge on any atom is 0.419 e. The summed E-state index contributed by atoms with van der Waals surface area (Å²) in [6.45, 7) is -0.863. The van der Waals surface area contributed by atoms with Gasteiger partial charge in [-0.05, 0) is 6.08 Å². The molecule has 8 nitrogen and oxygen atoms in total. The lowest BCUT2D eigenvalue weighted by Gasteiger charge is -2.46. The van der Waals surface area contributed by atoms with Gasteiger partial charge in [-0.1, -0.05) is 12.2 Å². The van der Waals surface area contributed by atoms with E-state index in [1.54, 1.807) is 0 Å². The number of rotatable bonds is 6. The summed E-state index contributed by atoms with van der Waals surface area (Å²) < 4.78 is 83.4. The Bertz CT molecular complexity index is 1050. The van der Waals surface area contributed by atoms with Crippen molar-refractivity contribution < 1.29 is 31.1 Å². The van der Waals surface area contributed by atoms with Gasteiger partial charge in [0.2, 0.25) is 5.95 Å².